The Balaban J connectivity index is 1.75. The van der Waals surface area contributed by atoms with E-state index in [0.717, 1.165) is 0 Å². The highest BCUT2D eigenvalue weighted by Gasteiger charge is 2.42. The second-order valence-corrected chi connectivity index (χ2v) is 6.50. The lowest BCUT2D eigenvalue weighted by Crippen LogP contribution is -2.24. The summed E-state index contributed by atoms with van der Waals surface area (Å²) in [6, 6.07) is 7.11. The largest absolute Gasteiger partial charge is 0.446 e. The van der Waals surface area contributed by atoms with Crippen LogP contribution in [0.15, 0.2) is 29.2 Å². The second-order valence-electron chi connectivity index (χ2n) is 5.39. The number of anilines is 1. The van der Waals surface area contributed by atoms with E-state index in [1.807, 2.05) is 0 Å². The van der Waals surface area contributed by atoms with E-state index < -0.39 is 5.51 Å². The van der Waals surface area contributed by atoms with Crippen molar-refractivity contribution in [1.82, 2.24) is 0 Å². The molecule has 2 aliphatic rings. The molecule has 0 aromatic heterocycles. The second kappa shape index (κ2) is 4.93. The van der Waals surface area contributed by atoms with Gasteiger partial charge in [-0.2, -0.15) is 13.2 Å². The molecule has 1 aromatic rings. The molecule has 0 saturated heterocycles. The number of rotatable bonds is 5. The van der Waals surface area contributed by atoms with E-state index in [1.54, 1.807) is 18.2 Å². The van der Waals surface area contributed by atoms with Gasteiger partial charge in [-0.05, 0) is 61.4 Å². The van der Waals surface area contributed by atoms with Crippen molar-refractivity contribution in [3.63, 3.8) is 0 Å². The van der Waals surface area contributed by atoms with Gasteiger partial charge in [0.2, 0.25) is 0 Å². The van der Waals surface area contributed by atoms with E-state index in [-0.39, 0.29) is 16.7 Å². The smallest absolute Gasteiger partial charge is 0.381 e. The lowest BCUT2D eigenvalue weighted by Gasteiger charge is -2.21. The number of nitrogens with one attached hydrogen (secondary N) is 1. The fourth-order valence-electron chi connectivity index (χ4n) is 2.51. The maximum Gasteiger partial charge on any atom is 0.446 e. The number of alkyl halides is 3. The van der Waals surface area contributed by atoms with Crippen LogP contribution in [-0.2, 0) is 0 Å². The van der Waals surface area contributed by atoms with E-state index in [4.69, 9.17) is 0 Å². The molecule has 5 heteroatoms. The van der Waals surface area contributed by atoms with Crippen molar-refractivity contribution >= 4 is 17.4 Å². The van der Waals surface area contributed by atoms with Crippen LogP contribution in [0, 0.1) is 11.8 Å². The highest BCUT2D eigenvalue weighted by Crippen LogP contribution is 2.47. The van der Waals surface area contributed by atoms with Crippen LogP contribution in [0.25, 0.3) is 0 Å². The molecule has 0 spiro atoms. The third-order valence-electron chi connectivity index (χ3n) is 3.69. The Morgan fingerprint density at radius 1 is 1.05 bits per heavy atom. The molecule has 0 atom stereocenters. The van der Waals surface area contributed by atoms with Gasteiger partial charge in [-0.25, -0.2) is 0 Å². The number of halogens is 3. The number of hydrogen-bond donors (Lipinski definition) is 1. The van der Waals surface area contributed by atoms with Gasteiger partial charge in [0, 0.05) is 16.6 Å². The number of hydrogen-bond acceptors (Lipinski definition) is 2. The summed E-state index contributed by atoms with van der Waals surface area (Å²) in [4.78, 5) is 0.279. The van der Waals surface area contributed by atoms with Crippen LogP contribution in [0.2, 0.25) is 0 Å². The van der Waals surface area contributed by atoms with Crippen LogP contribution in [0.3, 0.4) is 0 Å². The highest BCUT2D eigenvalue weighted by molar-refractivity contribution is 8.00. The molecule has 2 aliphatic carbocycles. The first-order chi connectivity index (χ1) is 9.03. The third-order valence-corrected chi connectivity index (χ3v) is 4.50. The zero-order chi connectivity index (χ0) is 13.5. The first-order valence-electron chi connectivity index (χ1n) is 6.64. The molecule has 2 saturated carbocycles. The van der Waals surface area contributed by atoms with Crippen LogP contribution < -0.4 is 5.32 Å². The van der Waals surface area contributed by atoms with E-state index in [2.05, 4.69) is 5.32 Å². The fourth-order valence-corrected chi connectivity index (χ4v) is 3.14. The van der Waals surface area contributed by atoms with Crippen molar-refractivity contribution in [2.24, 2.45) is 11.8 Å². The van der Waals surface area contributed by atoms with Gasteiger partial charge in [0.05, 0.1) is 0 Å². The van der Waals surface area contributed by atoms with E-state index in [1.165, 1.54) is 31.7 Å². The van der Waals surface area contributed by atoms with E-state index in [9.17, 15) is 13.2 Å². The maximum atomic E-state index is 12.5. The Kier molecular flexibility index (Phi) is 3.41. The third kappa shape index (κ3) is 3.59. The molecule has 1 N–H and O–H groups in total. The SMILES string of the molecule is FC(F)(F)Sc1ccccc1NC(C1CC1)C1CC1. The van der Waals surface area contributed by atoms with Crippen molar-refractivity contribution in [3.8, 4) is 0 Å². The lowest BCUT2D eigenvalue weighted by atomic mass is 10.1. The summed E-state index contributed by atoms with van der Waals surface area (Å²) in [5.74, 6) is 1.33. The number of benzene rings is 1. The molecule has 2 fully saturated rings. The zero-order valence-electron chi connectivity index (χ0n) is 10.4. The monoisotopic (exact) mass is 287 g/mol. The summed E-state index contributed by atoms with van der Waals surface area (Å²) in [6.07, 6.45) is 4.84. The Morgan fingerprint density at radius 2 is 1.63 bits per heavy atom. The van der Waals surface area contributed by atoms with E-state index in [0.29, 0.717) is 23.6 Å². The summed E-state index contributed by atoms with van der Waals surface area (Å²) in [7, 11) is 0. The predicted molar refractivity (Wildman–Crippen MR) is 71.2 cm³/mol. The average Bonchev–Trinajstić information content (AvgIpc) is 3.19. The molecule has 104 valence electrons. The van der Waals surface area contributed by atoms with Crippen molar-refractivity contribution in [2.75, 3.05) is 5.32 Å². The molecule has 3 rings (SSSR count). The van der Waals surface area contributed by atoms with Gasteiger partial charge in [0.15, 0.2) is 0 Å². The Labute approximate surface area is 115 Å². The van der Waals surface area contributed by atoms with Crippen LogP contribution in [0.1, 0.15) is 25.7 Å². The summed E-state index contributed by atoms with van der Waals surface area (Å²) < 4.78 is 37.6. The van der Waals surface area contributed by atoms with Gasteiger partial charge < -0.3 is 5.32 Å². The van der Waals surface area contributed by atoms with Crippen molar-refractivity contribution < 1.29 is 13.2 Å². The minimum Gasteiger partial charge on any atom is -0.381 e. The minimum absolute atomic E-state index is 0.0289. The molecule has 0 heterocycles. The molecule has 0 radical (unpaired) electrons. The van der Waals surface area contributed by atoms with Crippen molar-refractivity contribution in [3.05, 3.63) is 24.3 Å². The number of para-hydroxylation sites is 1. The molecular formula is C14H16F3NS. The summed E-state index contributed by atoms with van der Waals surface area (Å²) in [5.41, 5.74) is -3.60. The quantitative estimate of drug-likeness (QED) is 0.773. The zero-order valence-corrected chi connectivity index (χ0v) is 11.2. The maximum absolute atomic E-state index is 12.5. The van der Waals surface area contributed by atoms with Crippen molar-refractivity contribution in [1.29, 1.82) is 0 Å². The Morgan fingerprint density at radius 3 is 2.16 bits per heavy atom. The summed E-state index contributed by atoms with van der Waals surface area (Å²) in [5, 5.41) is 3.37. The molecular weight excluding hydrogens is 271 g/mol. The lowest BCUT2D eigenvalue weighted by molar-refractivity contribution is -0.0327. The Bertz CT molecular complexity index is 440. The average molecular weight is 287 g/mol. The molecule has 0 unspecified atom stereocenters. The van der Waals surface area contributed by atoms with Gasteiger partial charge in [-0.1, -0.05) is 12.1 Å². The summed E-state index contributed by atoms with van der Waals surface area (Å²) >= 11 is -0.0289. The normalized spacial score (nSPS) is 19.8. The van der Waals surface area contributed by atoms with Gasteiger partial charge in [0.25, 0.3) is 0 Å². The van der Waals surface area contributed by atoms with E-state index >= 15 is 0 Å². The fraction of sp³-hybridized carbons (Fsp3) is 0.571. The van der Waals surface area contributed by atoms with Crippen molar-refractivity contribution in [2.45, 2.75) is 42.1 Å². The minimum atomic E-state index is -4.23. The van der Waals surface area contributed by atoms with Crippen LogP contribution in [0.4, 0.5) is 18.9 Å². The van der Waals surface area contributed by atoms with Crippen LogP contribution >= 0.6 is 11.8 Å². The number of thioether (sulfide) groups is 1. The topological polar surface area (TPSA) is 12.0 Å². The highest BCUT2D eigenvalue weighted by atomic mass is 32.2. The molecule has 1 nitrogen and oxygen atoms in total. The molecule has 0 bridgehead atoms. The summed E-state index contributed by atoms with van der Waals surface area (Å²) in [6.45, 7) is 0. The van der Waals surface area contributed by atoms with Gasteiger partial charge in [-0.3, -0.25) is 0 Å². The van der Waals surface area contributed by atoms with Gasteiger partial charge in [0.1, 0.15) is 0 Å². The molecule has 0 aliphatic heterocycles. The molecule has 19 heavy (non-hydrogen) atoms. The molecule has 1 aromatic carbocycles. The van der Waals surface area contributed by atoms with Crippen LogP contribution in [-0.4, -0.2) is 11.6 Å². The first kappa shape index (κ1) is 13.2. The predicted octanol–water partition coefficient (Wildman–Crippen LogP) is 4.90. The van der Waals surface area contributed by atoms with Crippen LogP contribution in [0.5, 0.6) is 0 Å². The first-order valence-corrected chi connectivity index (χ1v) is 7.46. The van der Waals surface area contributed by atoms with Gasteiger partial charge >= 0.3 is 5.51 Å². The molecule has 0 amide bonds. The van der Waals surface area contributed by atoms with Gasteiger partial charge in [-0.15, -0.1) is 0 Å². The Hall–Kier alpha value is -0.840. The standard InChI is InChI=1S/C14H16F3NS/c15-14(16,17)19-12-4-2-1-3-11(12)18-13(9-5-6-9)10-7-8-10/h1-4,9-10,13,18H,5-8H2.